The van der Waals surface area contributed by atoms with Crippen LogP contribution in [0.3, 0.4) is 0 Å². The lowest BCUT2D eigenvalue weighted by Crippen LogP contribution is -2.41. The van der Waals surface area contributed by atoms with Gasteiger partial charge in [0.25, 0.3) is 0 Å². The van der Waals surface area contributed by atoms with Gasteiger partial charge >= 0.3 is 11.9 Å². The number of carbonyl (C=O) groups is 2. The SMILES string of the molecule is COC(=O)C1CCCN1S(=O)(=O)c1c(C)csc1C(=O)O. The van der Waals surface area contributed by atoms with Crippen LogP contribution in [0.5, 0.6) is 0 Å². The minimum absolute atomic E-state index is 0.177. The summed E-state index contributed by atoms with van der Waals surface area (Å²) < 4.78 is 31.1. The van der Waals surface area contributed by atoms with Crippen molar-refractivity contribution in [3.05, 3.63) is 15.8 Å². The number of aryl methyl sites for hydroxylation is 1. The molecule has 1 saturated heterocycles. The van der Waals surface area contributed by atoms with Crippen molar-refractivity contribution in [2.45, 2.75) is 30.7 Å². The van der Waals surface area contributed by atoms with Crippen LogP contribution in [0.2, 0.25) is 0 Å². The van der Waals surface area contributed by atoms with Crippen molar-refractivity contribution in [2.75, 3.05) is 13.7 Å². The number of carboxylic acid groups (broad SMARTS) is 1. The van der Waals surface area contributed by atoms with Gasteiger partial charge in [-0.25, -0.2) is 13.2 Å². The van der Waals surface area contributed by atoms with E-state index in [1.54, 1.807) is 6.92 Å². The Bertz CT molecular complexity index is 678. The molecule has 116 valence electrons. The lowest BCUT2D eigenvalue weighted by molar-refractivity contribution is -0.144. The minimum atomic E-state index is -4.04. The zero-order valence-corrected chi connectivity index (χ0v) is 13.2. The number of hydrogen-bond acceptors (Lipinski definition) is 6. The predicted octanol–water partition coefficient (Wildman–Crippen LogP) is 1.08. The molecule has 7 nitrogen and oxygen atoms in total. The molecule has 9 heteroatoms. The first-order valence-electron chi connectivity index (χ1n) is 6.21. The zero-order chi connectivity index (χ0) is 15.8. The number of hydrogen-bond donors (Lipinski definition) is 1. The fraction of sp³-hybridized carbons (Fsp3) is 0.500. The second-order valence-corrected chi connectivity index (χ2v) is 7.39. The van der Waals surface area contributed by atoms with Crippen molar-refractivity contribution in [2.24, 2.45) is 0 Å². The van der Waals surface area contributed by atoms with Crippen LogP contribution in [-0.4, -0.2) is 49.5 Å². The zero-order valence-electron chi connectivity index (χ0n) is 11.5. The molecule has 1 aromatic heterocycles. The molecular weight excluding hydrogens is 318 g/mol. The third-order valence-corrected chi connectivity index (χ3v) is 6.67. The standard InChI is InChI=1S/C12H15NO6S2/c1-7-6-20-9(11(14)15)10(7)21(17,18)13-5-3-4-8(13)12(16)19-2/h6,8H,3-5H2,1-2H3,(H,14,15). The van der Waals surface area contributed by atoms with Crippen LogP contribution >= 0.6 is 11.3 Å². The Hall–Kier alpha value is -1.45. The van der Waals surface area contributed by atoms with Gasteiger partial charge in [0, 0.05) is 6.54 Å². The number of esters is 1. The normalized spacial score (nSPS) is 19.6. The highest BCUT2D eigenvalue weighted by atomic mass is 32.2. The number of carbonyl (C=O) groups excluding carboxylic acids is 1. The van der Waals surface area contributed by atoms with Crippen molar-refractivity contribution < 1.29 is 27.9 Å². The monoisotopic (exact) mass is 333 g/mol. The number of rotatable bonds is 4. The molecule has 1 N–H and O–H groups in total. The summed E-state index contributed by atoms with van der Waals surface area (Å²) in [4.78, 5) is 22.4. The average molecular weight is 333 g/mol. The topological polar surface area (TPSA) is 101 Å². The second kappa shape index (κ2) is 5.74. The number of ether oxygens (including phenoxy) is 1. The van der Waals surface area contributed by atoms with Crippen LogP contribution in [0.4, 0.5) is 0 Å². The van der Waals surface area contributed by atoms with Gasteiger partial charge < -0.3 is 9.84 Å². The number of sulfonamides is 1. The van der Waals surface area contributed by atoms with Gasteiger partial charge in [0.05, 0.1) is 7.11 Å². The summed E-state index contributed by atoms with van der Waals surface area (Å²) in [5.74, 6) is -1.92. The van der Waals surface area contributed by atoms with Crippen LogP contribution in [0.1, 0.15) is 28.1 Å². The lowest BCUT2D eigenvalue weighted by Gasteiger charge is -2.22. The highest BCUT2D eigenvalue weighted by molar-refractivity contribution is 7.89. The van der Waals surface area contributed by atoms with Gasteiger partial charge in [0.2, 0.25) is 10.0 Å². The highest BCUT2D eigenvalue weighted by Gasteiger charge is 2.42. The molecule has 0 bridgehead atoms. The van der Waals surface area contributed by atoms with E-state index in [1.165, 1.54) is 12.5 Å². The van der Waals surface area contributed by atoms with Gasteiger partial charge in [-0.1, -0.05) is 0 Å². The van der Waals surface area contributed by atoms with E-state index in [9.17, 15) is 18.0 Å². The highest BCUT2D eigenvalue weighted by Crippen LogP contribution is 2.33. The smallest absolute Gasteiger partial charge is 0.347 e. The number of thiophene rings is 1. The largest absolute Gasteiger partial charge is 0.477 e. The van der Waals surface area contributed by atoms with E-state index in [1.807, 2.05) is 0 Å². The number of nitrogens with zero attached hydrogens (tertiary/aromatic N) is 1. The van der Waals surface area contributed by atoms with E-state index >= 15 is 0 Å². The summed E-state index contributed by atoms with van der Waals surface area (Å²) in [6, 6.07) is -0.888. The van der Waals surface area contributed by atoms with Crippen molar-refractivity contribution in [3.63, 3.8) is 0 Å². The van der Waals surface area contributed by atoms with Crippen molar-refractivity contribution in [1.82, 2.24) is 4.31 Å². The van der Waals surface area contributed by atoms with E-state index < -0.39 is 28.0 Å². The summed E-state index contributed by atoms with van der Waals surface area (Å²) in [6.45, 7) is 1.72. The molecule has 1 fully saturated rings. The summed E-state index contributed by atoms with van der Waals surface area (Å²) in [6.07, 6.45) is 0.905. The molecule has 0 spiro atoms. The van der Waals surface area contributed by atoms with E-state index in [2.05, 4.69) is 4.74 Å². The van der Waals surface area contributed by atoms with E-state index in [-0.39, 0.29) is 16.3 Å². The van der Waals surface area contributed by atoms with Crippen molar-refractivity contribution >= 4 is 33.3 Å². The molecule has 1 aliphatic heterocycles. The Morgan fingerprint density at radius 1 is 1.48 bits per heavy atom. The maximum atomic E-state index is 12.7. The van der Waals surface area contributed by atoms with Gasteiger partial charge in [-0.3, -0.25) is 4.79 Å². The number of carboxylic acids is 1. The van der Waals surface area contributed by atoms with E-state index in [0.29, 0.717) is 18.4 Å². The van der Waals surface area contributed by atoms with Gasteiger partial charge in [-0.15, -0.1) is 11.3 Å². The van der Waals surface area contributed by atoms with Crippen LogP contribution in [0.15, 0.2) is 10.3 Å². The van der Waals surface area contributed by atoms with Crippen LogP contribution in [-0.2, 0) is 19.6 Å². The Morgan fingerprint density at radius 3 is 2.71 bits per heavy atom. The third kappa shape index (κ3) is 2.68. The Kier molecular flexibility index (Phi) is 4.35. The molecular formula is C12H15NO6S2. The predicted molar refractivity (Wildman–Crippen MR) is 74.9 cm³/mol. The molecule has 1 aromatic rings. The van der Waals surface area contributed by atoms with Crippen LogP contribution in [0.25, 0.3) is 0 Å². The summed E-state index contributed by atoms with van der Waals surface area (Å²) in [7, 11) is -2.85. The van der Waals surface area contributed by atoms with Gasteiger partial charge in [-0.2, -0.15) is 4.31 Å². The first kappa shape index (κ1) is 15.9. The van der Waals surface area contributed by atoms with Crippen molar-refractivity contribution in [1.29, 1.82) is 0 Å². The van der Waals surface area contributed by atoms with Gasteiger partial charge in [0.1, 0.15) is 15.8 Å². The van der Waals surface area contributed by atoms with E-state index in [4.69, 9.17) is 5.11 Å². The molecule has 2 heterocycles. The number of methoxy groups -OCH3 is 1. The van der Waals surface area contributed by atoms with Gasteiger partial charge in [-0.05, 0) is 30.7 Å². The van der Waals surface area contributed by atoms with Gasteiger partial charge in [0.15, 0.2) is 0 Å². The molecule has 2 rings (SSSR count). The second-order valence-electron chi connectivity index (χ2n) is 4.68. The summed E-state index contributed by atoms with van der Waals surface area (Å²) in [5.41, 5.74) is 0.368. The summed E-state index contributed by atoms with van der Waals surface area (Å²) >= 11 is 0.864. The quantitative estimate of drug-likeness (QED) is 0.828. The van der Waals surface area contributed by atoms with Crippen molar-refractivity contribution in [3.8, 4) is 0 Å². The Morgan fingerprint density at radius 2 is 2.14 bits per heavy atom. The third-order valence-electron chi connectivity index (χ3n) is 3.36. The van der Waals surface area contributed by atoms with Crippen LogP contribution in [0, 0.1) is 6.92 Å². The molecule has 1 aliphatic rings. The fourth-order valence-electron chi connectivity index (χ4n) is 2.42. The average Bonchev–Trinajstić information content (AvgIpc) is 3.04. The number of aromatic carboxylic acids is 1. The Balaban J connectivity index is 2.50. The molecule has 0 radical (unpaired) electrons. The van der Waals surface area contributed by atoms with E-state index in [0.717, 1.165) is 15.6 Å². The first-order chi connectivity index (χ1) is 9.80. The maximum Gasteiger partial charge on any atom is 0.347 e. The minimum Gasteiger partial charge on any atom is -0.477 e. The molecule has 0 amide bonds. The molecule has 0 saturated carbocycles. The first-order valence-corrected chi connectivity index (χ1v) is 8.53. The molecule has 0 aliphatic carbocycles. The molecule has 1 unspecified atom stereocenters. The van der Waals surface area contributed by atoms with Crippen LogP contribution < -0.4 is 0 Å². The molecule has 21 heavy (non-hydrogen) atoms. The molecule has 1 atom stereocenters. The Labute approximate surface area is 126 Å². The fourth-order valence-corrected chi connectivity index (χ4v) is 5.65. The molecule has 0 aromatic carbocycles. The summed E-state index contributed by atoms with van der Waals surface area (Å²) in [5, 5.41) is 10.6. The maximum absolute atomic E-state index is 12.7. The lowest BCUT2D eigenvalue weighted by atomic mass is 10.2.